The second-order valence-corrected chi connectivity index (χ2v) is 20.2. The summed E-state index contributed by atoms with van der Waals surface area (Å²) in [5, 5.41) is 0. The van der Waals surface area contributed by atoms with Gasteiger partial charge in [-0.05, 0) is 51.4 Å². The molecule has 0 aromatic carbocycles. The van der Waals surface area contributed by atoms with Gasteiger partial charge in [0.25, 0.3) is 0 Å². The lowest BCUT2D eigenvalue weighted by Crippen LogP contribution is -2.29. The van der Waals surface area contributed by atoms with Crippen LogP contribution in [0.1, 0.15) is 271 Å². The average molecular weight is 964 g/mol. The zero-order chi connectivity index (χ0) is 48.8. The molecule has 0 saturated carbocycles. The molecule has 392 valence electrons. The first kappa shape index (κ1) is 65.0. The molecule has 9 nitrogen and oxygen atoms in total. The quantitative estimate of drug-likeness (QED) is 0.0264. The lowest BCUT2D eigenvalue weighted by atomic mass is 10.0. The highest BCUT2D eigenvalue weighted by Gasteiger charge is 2.26. The van der Waals surface area contributed by atoms with Crippen LogP contribution in [0, 0.1) is 0 Å². The van der Waals surface area contributed by atoms with Gasteiger partial charge in [0, 0.05) is 19.4 Å². The molecule has 0 rings (SSSR count). The number of carbonyl (C=O) groups is 2. The van der Waals surface area contributed by atoms with Gasteiger partial charge in [-0.2, -0.15) is 0 Å². The number of carbonyl (C=O) groups excluding carboxylic acids is 2. The van der Waals surface area contributed by atoms with Gasteiger partial charge in [0.1, 0.15) is 6.61 Å². The average Bonchev–Trinajstić information content (AvgIpc) is 3.32. The fraction of sp³-hybridized carbons (Fsp3) is 0.825. The first-order valence-electron chi connectivity index (χ1n) is 28.1. The van der Waals surface area contributed by atoms with Gasteiger partial charge < -0.3 is 20.1 Å². The SMILES string of the molecule is CC/C=C\C/C=C\C/C=C\C/C=C\CCCCC(=O)OC(COC(=O)CCCCCCCCCCCCCCCCCCCCCCCCCCCCCCCCC)COP(=O)(O)OCCN. The molecular weight excluding hydrogens is 858 g/mol. The van der Waals surface area contributed by atoms with E-state index in [1.807, 2.05) is 0 Å². The topological polar surface area (TPSA) is 134 Å². The highest BCUT2D eigenvalue weighted by atomic mass is 31.2. The van der Waals surface area contributed by atoms with E-state index in [4.69, 9.17) is 24.3 Å². The van der Waals surface area contributed by atoms with Crippen LogP contribution in [-0.2, 0) is 32.7 Å². The van der Waals surface area contributed by atoms with Crippen molar-refractivity contribution < 1.29 is 37.6 Å². The number of allylic oxidation sites excluding steroid dienone is 8. The van der Waals surface area contributed by atoms with Gasteiger partial charge in [0.2, 0.25) is 0 Å². The third kappa shape index (κ3) is 53.2. The lowest BCUT2D eigenvalue weighted by Gasteiger charge is -2.19. The summed E-state index contributed by atoms with van der Waals surface area (Å²) in [5.41, 5.74) is 5.36. The van der Waals surface area contributed by atoms with E-state index in [9.17, 15) is 19.0 Å². The second-order valence-electron chi connectivity index (χ2n) is 18.8. The van der Waals surface area contributed by atoms with Crippen molar-refractivity contribution in [2.75, 3.05) is 26.4 Å². The Morgan fingerprint density at radius 3 is 1.22 bits per heavy atom. The van der Waals surface area contributed by atoms with Crippen LogP contribution in [0.3, 0.4) is 0 Å². The summed E-state index contributed by atoms with van der Waals surface area (Å²) < 4.78 is 32.9. The van der Waals surface area contributed by atoms with E-state index in [1.165, 1.54) is 180 Å². The molecular formula is C57H106NO8P. The highest BCUT2D eigenvalue weighted by Crippen LogP contribution is 2.43. The van der Waals surface area contributed by atoms with Gasteiger partial charge in [-0.1, -0.05) is 255 Å². The summed E-state index contributed by atoms with van der Waals surface area (Å²) in [6.07, 6.45) is 64.8. The summed E-state index contributed by atoms with van der Waals surface area (Å²) in [7, 11) is -4.39. The predicted octanol–water partition coefficient (Wildman–Crippen LogP) is 17.4. The summed E-state index contributed by atoms with van der Waals surface area (Å²) in [4.78, 5) is 35.0. The summed E-state index contributed by atoms with van der Waals surface area (Å²) in [6.45, 7) is 3.61. The first-order valence-corrected chi connectivity index (χ1v) is 29.6. The van der Waals surface area contributed by atoms with Crippen LogP contribution < -0.4 is 5.73 Å². The number of phosphoric acid groups is 1. The maximum absolute atomic E-state index is 12.6. The Morgan fingerprint density at radius 1 is 0.463 bits per heavy atom. The molecule has 0 aliphatic carbocycles. The van der Waals surface area contributed by atoms with Crippen LogP contribution in [0.15, 0.2) is 48.6 Å². The van der Waals surface area contributed by atoms with Gasteiger partial charge >= 0.3 is 19.8 Å². The number of unbranched alkanes of at least 4 members (excludes halogenated alkanes) is 32. The Balaban J connectivity index is 3.87. The van der Waals surface area contributed by atoms with E-state index in [-0.39, 0.29) is 38.6 Å². The zero-order valence-electron chi connectivity index (χ0n) is 43.6. The standard InChI is InChI=1S/C57H106NO8P/c1-3-5-7-9-11-13-15-17-19-20-21-22-23-24-25-26-27-28-29-30-31-32-33-34-36-37-39-41-43-45-47-49-56(59)63-53-55(54-65-67(61,62)64-52-51-58)66-57(60)50-48-46-44-42-40-38-35-18-16-14-12-10-8-6-4-2/h6,8,12,14,18,35,40,42,55H,3-5,7,9-11,13,15-17,19-34,36-39,41,43-54,58H2,1-2H3,(H,61,62)/b8-6-,14-12-,35-18-,42-40-. The van der Waals surface area contributed by atoms with E-state index < -0.39 is 26.5 Å². The van der Waals surface area contributed by atoms with Gasteiger partial charge in [-0.15, -0.1) is 0 Å². The molecule has 0 bridgehead atoms. The Labute approximate surface area is 413 Å². The van der Waals surface area contributed by atoms with Crippen LogP contribution in [0.5, 0.6) is 0 Å². The normalized spacial score (nSPS) is 13.4. The third-order valence-electron chi connectivity index (χ3n) is 12.2. The minimum atomic E-state index is -4.39. The van der Waals surface area contributed by atoms with Gasteiger partial charge in [0.15, 0.2) is 6.10 Å². The molecule has 0 saturated heterocycles. The van der Waals surface area contributed by atoms with Crippen molar-refractivity contribution in [3.05, 3.63) is 48.6 Å². The Kier molecular flexibility index (Phi) is 51.7. The Morgan fingerprint density at radius 2 is 0.821 bits per heavy atom. The van der Waals surface area contributed by atoms with E-state index >= 15 is 0 Å². The molecule has 67 heavy (non-hydrogen) atoms. The van der Waals surface area contributed by atoms with Gasteiger partial charge in [-0.25, -0.2) is 4.57 Å². The molecule has 0 radical (unpaired) electrons. The van der Waals surface area contributed by atoms with Gasteiger partial charge in [-0.3, -0.25) is 18.6 Å². The molecule has 2 atom stereocenters. The van der Waals surface area contributed by atoms with Crippen molar-refractivity contribution in [2.45, 2.75) is 277 Å². The maximum Gasteiger partial charge on any atom is 0.472 e. The number of ether oxygens (including phenoxy) is 2. The fourth-order valence-electron chi connectivity index (χ4n) is 8.10. The van der Waals surface area contributed by atoms with Crippen LogP contribution in [0.4, 0.5) is 0 Å². The zero-order valence-corrected chi connectivity index (χ0v) is 44.5. The number of hydrogen-bond donors (Lipinski definition) is 2. The predicted molar refractivity (Wildman–Crippen MR) is 284 cm³/mol. The molecule has 0 aliphatic rings. The van der Waals surface area contributed by atoms with Crippen LogP contribution in [0.2, 0.25) is 0 Å². The maximum atomic E-state index is 12.6. The molecule has 0 aliphatic heterocycles. The molecule has 0 fully saturated rings. The first-order chi connectivity index (χ1) is 32.8. The van der Waals surface area contributed by atoms with Crippen molar-refractivity contribution in [3.63, 3.8) is 0 Å². The third-order valence-corrected chi connectivity index (χ3v) is 13.2. The molecule has 0 heterocycles. The van der Waals surface area contributed by atoms with Gasteiger partial charge in [0.05, 0.1) is 13.2 Å². The van der Waals surface area contributed by atoms with E-state index in [2.05, 4.69) is 62.5 Å². The Bertz CT molecular complexity index is 1240. The minimum Gasteiger partial charge on any atom is -0.462 e. The largest absolute Gasteiger partial charge is 0.472 e. The van der Waals surface area contributed by atoms with Crippen molar-refractivity contribution >= 4 is 19.8 Å². The van der Waals surface area contributed by atoms with Crippen molar-refractivity contribution in [2.24, 2.45) is 5.73 Å². The monoisotopic (exact) mass is 964 g/mol. The van der Waals surface area contributed by atoms with E-state index in [0.29, 0.717) is 6.42 Å². The summed E-state index contributed by atoms with van der Waals surface area (Å²) >= 11 is 0. The number of nitrogens with two attached hydrogens (primary N) is 1. The molecule has 0 aromatic heterocycles. The Hall–Kier alpha value is -2.03. The molecule has 0 spiro atoms. The highest BCUT2D eigenvalue weighted by molar-refractivity contribution is 7.47. The number of esters is 2. The molecule has 2 unspecified atom stereocenters. The molecule has 10 heteroatoms. The second kappa shape index (κ2) is 53.3. The van der Waals surface area contributed by atoms with Crippen LogP contribution in [0.25, 0.3) is 0 Å². The van der Waals surface area contributed by atoms with Crippen molar-refractivity contribution in [1.82, 2.24) is 0 Å². The van der Waals surface area contributed by atoms with Crippen LogP contribution in [-0.4, -0.2) is 49.3 Å². The van der Waals surface area contributed by atoms with E-state index in [0.717, 1.165) is 57.8 Å². The molecule has 3 N–H and O–H groups in total. The summed E-state index contributed by atoms with van der Waals surface area (Å²) in [5.74, 6) is -0.868. The lowest BCUT2D eigenvalue weighted by molar-refractivity contribution is -0.161. The smallest absolute Gasteiger partial charge is 0.462 e. The van der Waals surface area contributed by atoms with Crippen LogP contribution >= 0.6 is 7.82 Å². The van der Waals surface area contributed by atoms with Crippen molar-refractivity contribution in [3.8, 4) is 0 Å². The van der Waals surface area contributed by atoms with E-state index in [1.54, 1.807) is 0 Å². The number of hydrogen-bond acceptors (Lipinski definition) is 8. The number of rotatable bonds is 53. The fourth-order valence-corrected chi connectivity index (χ4v) is 8.87. The van der Waals surface area contributed by atoms with Crippen molar-refractivity contribution in [1.29, 1.82) is 0 Å². The minimum absolute atomic E-state index is 0.0462. The number of phosphoric ester groups is 1. The molecule has 0 amide bonds. The molecule has 0 aromatic rings. The summed E-state index contributed by atoms with van der Waals surface area (Å²) in [6, 6.07) is 0.